The molecule has 0 saturated carbocycles. The first kappa shape index (κ1) is 12.9. The van der Waals surface area contributed by atoms with Crippen LogP contribution in [0.5, 0.6) is 17.5 Å². The molecule has 0 bridgehead atoms. The van der Waals surface area contributed by atoms with Gasteiger partial charge in [0.2, 0.25) is 0 Å². The van der Waals surface area contributed by atoms with Gasteiger partial charge in [-0.15, -0.1) is 0 Å². The molecule has 3 aromatic rings. The third-order valence-corrected chi connectivity index (χ3v) is 2.83. The summed E-state index contributed by atoms with van der Waals surface area (Å²) in [5, 5.41) is 11.4. The molecule has 0 aliphatic carbocycles. The van der Waals surface area contributed by atoms with Gasteiger partial charge in [0.15, 0.2) is 11.5 Å². The number of ether oxygens (including phenoxy) is 2. The molecule has 1 aromatic heterocycles. The smallest absolute Gasteiger partial charge is 0.346 e. The zero-order valence-electron chi connectivity index (χ0n) is 11.3. The van der Waals surface area contributed by atoms with Crippen molar-refractivity contribution in [2.75, 3.05) is 12.8 Å². The topological polar surface area (TPSA) is 88.1 Å². The number of rotatable bonds is 4. The SMILES string of the molecule is COc1cc(N)ccc1Oc1nnnn1-c1ccccc1. The van der Waals surface area contributed by atoms with Crippen molar-refractivity contribution in [1.29, 1.82) is 0 Å². The summed E-state index contributed by atoms with van der Waals surface area (Å²) in [5.41, 5.74) is 7.10. The second-order valence-electron chi connectivity index (χ2n) is 4.22. The molecule has 7 nitrogen and oxygen atoms in total. The second-order valence-corrected chi connectivity index (χ2v) is 4.22. The van der Waals surface area contributed by atoms with E-state index in [1.54, 1.807) is 25.3 Å². The zero-order valence-corrected chi connectivity index (χ0v) is 11.3. The van der Waals surface area contributed by atoms with E-state index in [9.17, 15) is 0 Å². The quantitative estimate of drug-likeness (QED) is 0.737. The number of aromatic nitrogens is 4. The van der Waals surface area contributed by atoms with E-state index < -0.39 is 0 Å². The third-order valence-electron chi connectivity index (χ3n) is 2.83. The number of nitrogen functional groups attached to an aromatic ring is 1. The lowest BCUT2D eigenvalue weighted by atomic mass is 10.3. The maximum atomic E-state index is 5.73. The highest BCUT2D eigenvalue weighted by Crippen LogP contribution is 2.32. The van der Waals surface area contributed by atoms with Crippen LogP contribution in [-0.4, -0.2) is 27.3 Å². The van der Waals surface area contributed by atoms with Gasteiger partial charge in [-0.2, -0.15) is 4.68 Å². The van der Waals surface area contributed by atoms with Gasteiger partial charge in [-0.25, -0.2) is 0 Å². The molecular weight excluding hydrogens is 270 g/mol. The minimum Gasteiger partial charge on any atom is -0.493 e. The first-order valence-electron chi connectivity index (χ1n) is 6.23. The highest BCUT2D eigenvalue weighted by atomic mass is 16.5. The minimum atomic E-state index is 0.240. The van der Waals surface area contributed by atoms with Gasteiger partial charge in [-0.1, -0.05) is 23.3 Å². The Kier molecular flexibility index (Phi) is 3.38. The molecule has 0 spiro atoms. The second kappa shape index (κ2) is 5.49. The van der Waals surface area contributed by atoms with E-state index in [0.29, 0.717) is 17.2 Å². The van der Waals surface area contributed by atoms with Crippen LogP contribution in [0.2, 0.25) is 0 Å². The lowest BCUT2D eigenvalue weighted by Gasteiger charge is -2.10. The Balaban J connectivity index is 1.95. The van der Waals surface area contributed by atoms with E-state index in [-0.39, 0.29) is 6.01 Å². The van der Waals surface area contributed by atoms with Crippen molar-refractivity contribution in [2.24, 2.45) is 0 Å². The maximum absolute atomic E-state index is 5.73. The Morgan fingerprint density at radius 2 is 1.86 bits per heavy atom. The number of para-hydroxylation sites is 1. The minimum absolute atomic E-state index is 0.240. The standard InChI is InChI=1S/C14H13N5O2/c1-20-13-9-10(15)7-8-12(13)21-14-16-17-18-19(14)11-5-3-2-4-6-11/h2-9H,15H2,1H3. The number of nitrogens with zero attached hydrogens (tertiary/aromatic N) is 4. The summed E-state index contributed by atoms with van der Waals surface area (Å²) in [7, 11) is 1.54. The molecule has 0 fully saturated rings. The molecule has 0 atom stereocenters. The average molecular weight is 283 g/mol. The van der Waals surface area contributed by atoms with E-state index in [4.69, 9.17) is 15.2 Å². The summed E-state index contributed by atoms with van der Waals surface area (Å²) in [4.78, 5) is 0. The van der Waals surface area contributed by atoms with Crippen LogP contribution in [0.15, 0.2) is 48.5 Å². The predicted molar refractivity (Wildman–Crippen MR) is 76.6 cm³/mol. The molecule has 2 N–H and O–H groups in total. The van der Waals surface area contributed by atoms with Crippen LogP contribution in [0, 0.1) is 0 Å². The van der Waals surface area contributed by atoms with Gasteiger partial charge >= 0.3 is 6.01 Å². The van der Waals surface area contributed by atoms with Crippen LogP contribution in [0.1, 0.15) is 0 Å². The molecule has 0 amide bonds. The average Bonchev–Trinajstić information content (AvgIpc) is 2.98. The molecule has 0 aliphatic rings. The largest absolute Gasteiger partial charge is 0.493 e. The molecule has 21 heavy (non-hydrogen) atoms. The maximum Gasteiger partial charge on any atom is 0.346 e. The van der Waals surface area contributed by atoms with E-state index in [0.717, 1.165) is 5.69 Å². The van der Waals surface area contributed by atoms with Gasteiger partial charge in [-0.05, 0) is 34.7 Å². The van der Waals surface area contributed by atoms with Crippen LogP contribution in [0.3, 0.4) is 0 Å². The lowest BCUT2D eigenvalue weighted by Crippen LogP contribution is -2.01. The summed E-state index contributed by atoms with van der Waals surface area (Å²) in [6, 6.07) is 14.8. The number of nitrogens with two attached hydrogens (primary N) is 1. The van der Waals surface area contributed by atoms with Crippen LogP contribution in [0.25, 0.3) is 5.69 Å². The molecule has 1 heterocycles. The van der Waals surface area contributed by atoms with Gasteiger partial charge in [0.1, 0.15) is 0 Å². The van der Waals surface area contributed by atoms with Crippen LogP contribution in [-0.2, 0) is 0 Å². The van der Waals surface area contributed by atoms with Crippen LogP contribution >= 0.6 is 0 Å². The molecule has 106 valence electrons. The van der Waals surface area contributed by atoms with Crippen molar-refractivity contribution in [3.8, 4) is 23.2 Å². The van der Waals surface area contributed by atoms with Crippen molar-refractivity contribution in [3.63, 3.8) is 0 Å². The van der Waals surface area contributed by atoms with Gasteiger partial charge in [0, 0.05) is 11.8 Å². The van der Waals surface area contributed by atoms with Crippen molar-refractivity contribution < 1.29 is 9.47 Å². The third kappa shape index (κ3) is 2.62. The molecule has 0 unspecified atom stereocenters. The van der Waals surface area contributed by atoms with Crippen LogP contribution < -0.4 is 15.2 Å². The summed E-state index contributed by atoms with van der Waals surface area (Å²) in [6.45, 7) is 0. The van der Waals surface area contributed by atoms with Gasteiger partial charge in [0.05, 0.1) is 12.8 Å². The summed E-state index contributed by atoms with van der Waals surface area (Å²) >= 11 is 0. The zero-order chi connectivity index (χ0) is 14.7. The summed E-state index contributed by atoms with van der Waals surface area (Å²) < 4.78 is 12.5. The van der Waals surface area contributed by atoms with Crippen LogP contribution in [0.4, 0.5) is 5.69 Å². The molecule has 0 radical (unpaired) electrons. The Bertz CT molecular complexity index is 742. The fourth-order valence-electron chi connectivity index (χ4n) is 1.84. The number of anilines is 1. The highest BCUT2D eigenvalue weighted by molar-refractivity contribution is 5.52. The Labute approximate surface area is 120 Å². The first-order chi connectivity index (χ1) is 10.3. The van der Waals surface area contributed by atoms with E-state index in [1.165, 1.54) is 4.68 Å². The molecule has 0 aliphatic heterocycles. The van der Waals surface area contributed by atoms with Gasteiger partial charge in [-0.3, -0.25) is 0 Å². The predicted octanol–water partition coefficient (Wildman–Crippen LogP) is 2.05. The van der Waals surface area contributed by atoms with Crippen molar-refractivity contribution in [3.05, 3.63) is 48.5 Å². The Hall–Kier alpha value is -3.09. The van der Waals surface area contributed by atoms with Gasteiger partial charge in [0.25, 0.3) is 0 Å². The molecule has 3 rings (SSSR count). The Morgan fingerprint density at radius 3 is 2.62 bits per heavy atom. The molecule has 2 aromatic carbocycles. The monoisotopic (exact) mass is 283 g/mol. The van der Waals surface area contributed by atoms with E-state index in [2.05, 4.69) is 15.5 Å². The molecule has 7 heteroatoms. The molecule has 0 saturated heterocycles. The van der Waals surface area contributed by atoms with Crippen molar-refractivity contribution in [1.82, 2.24) is 20.2 Å². The van der Waals surface area contributed by atoms with Gasteiger partial charge < -0.3 is 15.2 Å². The summed E-state index contributed by atoms with van der Waals surface area (Å²) in [5.74, 6) is 0.997. The van der Waals surface area contributed by atoms with Crippen molar-refractivity contribution in [2.45, 2.75) is 0 Å². The highest BCUT2D eigenvalue weighted by Gasteiger charge is 2.13. The van der Waals surface area contributed by atoms with E-state index >= 15 is 0 Å². The Morgan fingerprint density at radius 1 is 1.05 bits per heavy atom. The van der Waals surface area contributed by atoms with E-state index in [1.807, 2.05) is 30.3 Å². The number of hydrogen-bond acceptors (Lipinski definition) is 6. The first-order valence-corrected chi connectivity index (χ1v) is 6.23. The number of tetrazole rings is 1. The normalized spacial score (nSPS) is 10.3. The number of methoxy groups -OCH3 is 1. The fraction of sp³-hybridized carbons (Fsp3) is 0.0714. The lowest BCUT2D eigenvalue weighted by molar-refractivity contribution is 0.363. The summed E-state index contributed by atoms with van der Waals surface area (Å²) in [6.07, 6.45) is 0. The number of benzene rings is 2. The number of hydrogen-bond donors (Lipinski definition) is 1. The molecular formula is C14H13N5O2. The fourth-order valence-corrected chi connectivity index (χ4v) is 1.84. The van der Waals surface area contributed by atoms with Crippen molar-refractivity contribution >= 4 is 5.69 Å².